The van der Waals surface area contributed by atoms with Crippen LogP contribution in [0.2, 0.25) is 0 Å². The van der Waals surface area contributed by atoms with Crippen LogP contribution in [0.1, 0.15) is 66.8 Å². The molecule has 0 fully saturated rings. The van der Waals surface area contributed by atoms with Gasteiger partial charge in [-0.15, -0.1) is 0 Å². The van der Waals surface area contributed by atoms with E-state index in [1.54, 1.807) is 5.56 Å². The summed E-state index contributed by atoms with van der Waals surface area (Å²) in [5.74, 6) is 0.673. The molecule has 0 aliphatic carbocycles. The van der Waals surface area contributed by atoms with Crippen LogP contribution < -0.4 is 0 Å². The van der Waals surface area contributed by atoms with Gasteiger partial charge >= 0.3 is 0 Å². The molecule has 0 nitrogen and oxygen atoms in total. The van der Waals surface area contributed by atoms with E-state index in [2.05, 4.69) is 59.8 Å². The first-order valence-electron chi connectivity index (χ1n) is 7.25. The highest BCUT2D eigenvalue weighted by Crippen LogP contribution is 2.33. The van der Waals surface area contributed by atoms with Crippen molar-refractivity contribution < 1.29 is 0 Å². The fourth-order valence-electron chi connectivity index (χ4n) is 2.78. The molecule has 0 spiro atoms. The number of rotatable bonds is 5. The largest absolute Gasteiger partial charge is 0.0888 e. The van der Waals surface area contributed by atoms with Gasteiger partial charge in [-0.25, -0.2) is 0 Å². The van der Waals surface area contributed by atoms with Crippen LogP contribution in [0.5, 0.6) is 0 Å². The second-order valence-electron chi connectivity index (χ2n) is 5.39. The maximum absolute atomic E-state index is 2.35. The van der Waals surface area contributed by atoms with Crippen molar-refractivity contribution >= 4 is 0 Å². The molecule has 1 aromatic carbocycles. The van der Waals surface area contributed by atoms with Crippen molar-refractivity contribution in [2.45, 2.75) is 66.7 Å². The van der Waals surface area contributed by atoms with E-state index in [0.29, 0.717) is 5.92 Å². The Morgan fingerprint density at radius 2 is 1.50 bits per heavy atom. The molecule has 1 unspecified atom stereocenters. The summed E-state index contributed by atoms with van der Waals surface area (Å²) in [5, 5.41) is 0. The van der Waals surface area contributed by atoms with E-state index in [0.717, 1.165) is 6.42 Å². The summed E-state index contributed by atoms with van der Waals surface area (Å²) < 4.78 is 0. The molecule has 1 aromatic rings. The predicted molar refractivity (Wildman–Crippen MR) is 82.5 cm³/mol. The lowest BCUT2D eigenvalue weighted by Gasteiger charge is -2.22. The van der Waals surface area contributed by atoms with Crippen LogP contribution >= 0.6 is 0 Å². The number of benzene rings is 1. The van der Waals surface area contributed by atoms with Gasteiger partial charge in [0.1, 0.15) is 0 Å². The average molecular weight is 244 g/mol. The van der Waals surface area contributed by atoms with Crippen LogP contribution in [0.4, 0.5) is 0 Å². The summed E-state index contributed by atoms with van der Waals surface area (Å²) in [6, 6.07) is 2.32. The van der Waals surface area contributed by atoms with Gasteiger partial charge in [0, 0.05) is 0 Å². The number of hydrogen-bond acceptors (Lipinski definition) is 0. The lowest BCUT2D eigenvalue weighted by molar-refractivity contribution is 0.663. The second kappa shape index (κ2) is 6.78. The Hall–Kier alpha value is -1.04. The first-order chi connectivity index (χ1) is 8.52. The minimum Gasteiger partial charge on any atom is -0.0888 e. The molecule has 0 radical (unpaired) electrons. The molecular formula is C18H28. The molecule has 18 heavy (non-hydrogen) atoms. The van der Waals surface area contributed by atoms with E-state index in [4.69, 9.17) is 0 Å². The van der Waals surface area contributed by atoms with Crippen LogP contribution in [-0.4, -0.2) is 0 Å². The fourth-order valence-corrected chi connectivity index (χ4v) is 2.78. The SMILES string of the molecule is CC/C=C\CC(CC)c1c(C)c(C)cc(C)c1C. The van der Waals surface area contributed by atoms with E-state index in [-0.39, 0.29) is 0 Å². The first-order valence-corrected chi connectivity index (χ1v) is 7.25. The van der Waals surface area contributed by atoms with Gasteiger partial charge in [0.2, 0.25) is 0 Å². The average Bonchev–Trinajstić information content (AvgIpc) is 2.35. The Morgan fingerprint density at radius 1 is 0.944 bits per heavy atom. The lowest BCUT2D eigenvalue weighted by atomic mass is 9.83. The molecule has 0 aromatic heterocycles. The topological polar surface area (TPSA) is 0 Å². The summed E-state index contributed by atoms with van der Waals surface area (Å²) in [7, 11) is 0. The Kier molecular flexibility index (Phi) is 5.65. The highest BCUT2D eigenvalue weighted by atomic mass is 14.2. The third-order valence-electron chi connectivity index (χ3n) is 4.15. The summed E-state index contributed by atoms with van der Waals surface area (Å²) >= 11 is 0. The zero-order valence-corrected chi connectivity index (χ0v) is 12.9. The van der Waals surface area contributed by atoms with E-state index in [9.17, 15) is 0 Å². The molecule has 0 heterocycles. The normalized spacial score (nSPS) is 13.2. The standard InChI is InChI=1S/C18H28/c1-7-9-10-11-17(8-2)18-15(5)13(3)12-14(4)16(18)6/h9-10,12,17H,7-8,11H2,1-6H3/b10-9-. The van der Waals surface area contributed by atoms with Crippen molar-refractivity contribution in [2.75, 3.05) is 0 Å². The summed E-state index contributed by atoms with van der Waals surface area (Å²) in [6.07, 6.45) is 8.18. The van der Waals surface area contributed by atoms with Gasteiger partial charge in [-0.3, -0.25) is 0 Å². The lowest BCUT2D eigenvalue weighted by Crippen LogP contribution is -2.05. The molecule has 0 amide bonds. The smallest absolute Gasteiger partial charge is 0.0125 e. The highest BCUT2D eigenvalue weighted by Gasteiger charge is 2.16. The van der Waals surface area contributed by atoms with Gasteiger partial charge in [-0.2, -0.15) is 0 Å². The van der Waals surface area contributed by atoms with Crippen molar-refractivity contribution in [1.29, 1.82) is 0 Å². The molecule has 100 valence electrons. The van der Waals surface area contributed by atoms with Gasteiger partial charge in [-0.1, -0.05) is 32.1 Å². The minimum absolute atomic E-state index is 0.673. The molecule has 0 heteroatoms. The summed E-state index contributed by atoms with van der Waals surface area (Å²) in [4.78, 5) is 0. The van der Waals surface area contributed by atoms with E-state index < -0.39 is 0 Å². The molecule has 0 N–H and O–H groups in total. The maximum atomic E-state index is 2.35. The Labute approximate surface area is 113 Å². The van der Waals surface area contributed by atoms with Crippen LogP contribution in [0, 0.1) is 27.7 Å². The van der Waals surface area contributed by atoms with Gasteiger partial charge in [0.25, 0.3) is 0 Å². The number of hydrogen-bond donors (Lipinski definition) is 0. The fraction of sp³-hybridized carbons (Fsp3) is 0.556. The van der Waals surface area contributed by atoms with Crippen molar-refractivity contribution in [3.8, 4) is 0 Å². The third-order valence-corrected chi connectivity index (χ3v) is 4.15. The molecule has 0 saturated heterocycles. The molecule has 1 rings (SSSR count). The Morgan fingerprint density at radius 3 is 1.94 bits per heavy atom. The van der Waals surface area contributed by atoms with Gasteiger partial charge in [-0.05, 0) is 80.7 Å². The van der Waals surface area contributed by atoms with Crippen molar-refractivity contribution in [3.63, 3.8) is 0 Å². The van der Waals surface area contributed by atoms with Gasteiger partial charge in [0.15, 0.2) is 0 Å². The number of aryl methyl sites for hydroxylation is 2. The zero-order chi connectivity index (χ0) is 13.7. The quantitative estimate of drug-likeness (QED) is 0.577. The van der Waals surface area contributed by atoms with Crippen molar-refractivity contribution in [3.05, 3.63) is 46.0 Å². The van der Waals surface area contributed by atoms with Gasteiger partial charge in [0.05, 0.1) is 0 Å². The van der Waals surface area contributed by atoms with Crippen LogP contribution in [0.15, 0.2) is 18.2 Å². The van der Waals surface area contributed by atoms with Crippen molar-refractivity contribution in [2.24, 2.45) is 0 Å². The first kappa shape index (κ1) is 15.0. The molecule has 0 aliphatic heterocycles. The molecule has 0 aliphatic rings. The zero-order valence-electron chi connectivity index (χ0n) is 12.9. The third kappa shape index (κ3) is 3.25. The number of allylic oxidation sites excluding steroid dienone is 2. The van der Waals surface area contributed by atoms with Crippen LogP contribution in [0.3, 0.4) is 0 Å². The monoisotopic (exact) mass is 244 g/mol. The molecule has 1 atom stereocenters. The van der Waals surface area contributed by atoms with Crippen molar-refractivity contribution in [1.82, 2.24) is 0 Å². The second-order valence-corrected chi connectivity index (χ2v) is 5.39. The Bertz CT molecular complexity index is 398. The van der Waals surface area contributed by atoms with Crippen LogP contribution in [-0.2, 0) is 0 Å². The summed E-state index contributed by atoms with van der Waals surface area (Å²) in [6.45, 7) is 13.5. The van der Waals surface area contributed by atoms with Crippen LogP contribution in [0.25, 0.3) is 0 Å². The van der Waals surface area contributed by atoms with E-state index in [1.807, 2.05) is 0 Å². The predicted octanol–water partition coefficient (Wildman–Crippen LogP) is 5.77. The highest BCUT2D eigenvalue weighted by molar-refractivity contribution is 5.46. The Balaban J connectivity index is 3.16. The van der Waals surface area contributed by atoms with E-state index >= 15 is 0 Å². The molecule has 0 bridgehead atoms. The van der Waals surface area contributed by atoms with Gasteiger partial charge < -0.3 is 0 Å². The maximum Gasteiger partial charge on any atom is -0.0125 e. The molecule has 0 saturated carbocycles. The summed E-state index contributed by atoms with van der Waals surface area (Å²) in [5.41, 5.74) is 7.46. The minimum atomic E-state index is 0.673. The van der Waals surface area contributed by atoms with E-state index in [1.165, 1.54) is 35.1 Å². The molecular weight excluding hydrogens is 216 g/mol.